The minimum Gasteiger partial charge on any atom is -0.336 e. The average molecular weight is 308 g/mol. The summed E-state index contributed by atoms with van der Waals surface area (Å²) in [4.78, 5) is 15.6. The molecule has 2 aromatic heterocycles. The van der Waals surface area contributed by atoms with E-state index in [0.717, 1.165) is 30.9 Å². The molecule has 0 bridgehead atoms. The van der Waals surface area contributed by atoms with Gasteiger partial charge in [0.1, 0.15) is 0 Å². The standard InChI is InChI=1S/C15H20N2OS2/c1-2-7-17(10-11-4-3-6-16-11)15(18)14-9-13-12(20-14)5-8-19-13/h5,8-9,11,16H,2-4,6-7,10H2,1H3. The lowest BCUT2D eigenvalue weighted by molar-refractivity contribution is 0.0747. The molecule has 1 saturated heterocycles. The molecule has 3 nitrogen and oxygen atoms in total. The van der Waals surface area contributed by atoms with Gasteiger partial charge in [-0.3, -0.25) is 4.79 Å². The van der Waals surface area contributed by atoms with Crippen LogP contribution < -0.4 is 5.32 Å². The summed E-state index contributed by atoms with van der Waals surface area (Å²) in [6.45, 7) is 4.92. The zero-order chi connectivity index (χ0) is 13.9. The second-order valence-corrected chi connectivity index (χ2v) is 7.34. The third kappa shape index (κ3) is 2.90. The van der Waals surface area contributed by atoms with E-state index >= 15 is 0 Å². The summed E-state index contributed by atoms with van der Waals surface area (Å²) in [7, 11) is 0. The van der Waals surface area contributed by atoms with E-state index in [1.165, 1.54) is 22.2 Å². The molecule has 5 heteroatoms. The van der Waals surface area contributed by atoms with Crippen LogP contribution in [0.1, 0.15) is 35.9 Å². The number of thiophene rings is 2. The minimum absolute atomic E-state index is 0.203. The van der Waals surface area contributed by atoms with Gasteiger partial charge < -0.3 is 10.2 Å². The first-order chi connectivity index (χ1) is 9.78. The van der Waals surface area contributed by atoms with Crippen LogP contribution in [0, 0.1) is 0 Å². The Bertz CT molecular complexity index is 555. The SMILES string of the molecule is CCCN(CC1CCCN1)C(=O)c1cc2sccc2s1. The highest BCUT2D eigenvalue weighted by Crippen LogP contribution is 2.30. The molecule has 2 aromatic rings. The average Bonchev–Trinajstić information content (AvgIpc) is 3.13. The maximum atomic E-state index is 12.7. The smallest absolute Gasteiger partial charge is 0.264 e. The molecule has 0 aromatic carbocycles. The molecule has 1 unspecified atom stereocenters. The lowest BCUT2D eigenvalue weighted by Gasteiger charge is -2.25. The van der Waals surface area contributed by atoms with Gasteiger partial charge in [0.25, 0.3) is 5.91 Å². The molecule has 0 spiro atoms. The number of hydrogen-bond acceptors (Lipinski definition) is 4. The first kappa shape index (κ1) is 14.0. The number of nitrogens with one attached hydrogen (secondary N) is 1. The van der Waals surface area contributed by atoms with Crippen molar-refractivity contribution in [3.63, 3.8) is 0 Å². The fraction of sp³-hybridized carbons (Fsp3) is 0.533. The predicted molar refractivity (Wildman–Crippen MR) is 86.9 cm³/mol. The van der Waals surface area contributed by atoms with Crippen LogP contribution in [-0.4, -0.2) is 36.5 Å². The summed E-state index contributed by atoms with van der Waals surface area (Å²) in [6, 6.07) is 4.63. The van der Waals surface area contributed by atoms with Gasteiger partial charge in [-0.25, -0.2) is 0 Å². The van der Waals surface area contributed by atoms with E-state index in [9.17, 15) is 4.79 Å². The Morgan fingerprint density at radius 2 is 2.40 bits per heavy atom. The first-order valence-corrected chi connectivity index (χ1v) is 8.97. The van der Waals surface area contributed by atoms with Gasteiger partial charge in [0.2, 0.25) is 0 Å². The topological polar surface area (TPSA) is 32.3 Å². The number of hydrogen-bond donors (Lipinski definition) is 1. The molecule has 3 heterocycles. The monoisotopic (exact) mass is 308 g/mol. The van der Waals surface area contributed by atoms with Crippen LogP contribution >= 0.6 is 22.7 Å². The van der Waals surface area contributed by atoms with Gasteiger partial charge in [-0.05, 0) is 43.3 Å². The maximum Gasteiger partial charge on any atom is 0.264 e. The highest BCUT2D eigenvalue weighted by Gasteiger charge is 2.23. The van der Waals surface area contributed by atoms with Gasteiger partial charge in [0.05, 0.1) is 4.88 Å². The Morgan fingerprint density at radius 1 is 1.50 bits per heavy atom. The van der Waals surface area contributed by atoms with E-state index in [4.69, 9.17) is 0 Å². The van der Waals surface area contributed by atoms with Crippen LogP contribution in [-0.2, 0) is 0 Å². The molecule has 1 fully saturated rings. The van der Waals surface area contributed by atoms with Crippen molar-refractivity contribution in [2.75, 3.05) is 19.6 Å². The van der Waals surface area contributed by atoms with Crippen molar-refractivity contribution in [2.24, 2.45) is 0 Å². The number of amides is 1. The Labute approximate surface area is 127 Å². The van der Waals surface area contributed by atoms with E-state index in [1.807, 2.05) is 4.90 Å². The van der Waals surface area contributed by atoms with Crippen molar-refractivity contribution in [2.45, 2.75) is 32.2 Å². The van der Waals surface area contributed by atoms with Crippen LogP contribution in [0.4, 0.5) is 0 Å². The van der Waals surface area contributed by atoms with E-state index in [-0.39, 0.29) is 5.91 Å². The Morgan fingerprint density at radius 3 is 3.10 bits per heavy atom. The molecule has 0 radical (unpaired) electrons. The predicted octanol–water partition coefficient (Wildman–Crippen LogP) is 3.57. The molecular weight excluding hydrogens is 288 g/mol. The quantitative estimate of drug-likeness (QED) is 0.916. The van der Waals surface area contributed by atoms with Crippen molar-refractivity contribution >= 4 is 38.0 Å². The number of nitrogens with zero attached hydrogens (tertiary/aromatic N) is 1. The van der Waals surface area contributed by atoms with E-state index in [1.54, 1.807) is 22.7 Å². The third-order valence-electron chi connectivity index (χ3n) is 3.73. The summed E-state index contributed by atoms with van der Waals surface area (Å²) in [5.41, 5.74) is 0. The largest absolute Gasteiger partial charge is 0.336 e. The van der Waals surface area contributed by atoms with E-state index in [0.29, 0.717) is 6.04 Å². The molecule has 0 saturated carbocycles. The molecule has 1 atom stereocenters. The van der Waals surface area contributed by atoms with Crippen molar-refractivity contribution in [1.29, 1.82) is 0 Å². The molecule has 108 valence electrons. The van der Waals surface area contributed by atoms with Crippen molar-refractivity contribution in [3.05, 3.63) is 22.4 Å². The van der Waals surface area contributed by atoms with Gasteiger partial charge in [-0.15, -0.1) is 22.7 Å². The molecule has 3 rings (SSSR count). The summed E-state index contributed by atoms with van der Waals surface area (Å²) in [5, 5.41) is 5.57. The Kier molecular flexibility index (Phi) is 4.38. The summed E-state index contributed by atoms with van der Waals surface area (Å²) < 4.78 is 2.46. The first-order valence-electron chi connectivity index (χ1n) is 7.27. The second-order valence-electron chi connectivity index (χ2n) is 5.30. The lowest BCUT2D eigenvalue weighted by Crippen LogP contribution is -2.41. The van der Waals surface area contributed by atoms with Crippen LogP contribution in [0.3, 0.4) is 0 Å². The summed E-state index contributed by atoms with van der Waals surface area (Å²) >= 11 is 3.33. The van der Waals surface area contributed by atoms with Gasteiger partial charge in [-0.1, -0.05) is 6.92 Å². The van der Waals surface area contributed by atoms with Crippen LogP contribution in [0.5, 0.6) is 0 Å². The van der Waals surface area contributed by atoms with Gasteiger partial charge >= 0.3 is 0 Å². The van der Waals surface area contributed by atoms with Crippen molar-refractivity contribution in [3.8, 4) is 0 Å². The van der Waals surface area contributed by atoms with Crippen LogP contribution in [0.15, 0.2) is 17.5 Å². The highest BCUT2D eigenvalue weighted by atomic mass is 32.1. The third-order valence-corrected chi connectivity index (χ3v) is 5.82. The van der Waals surface area contributed by atoms with Crippen molar-refractivity contribution < 1.29 is 4.79 Å². The molecule has 1 aliphatic rings. The normalized spacial score (nSPS) is 18.8. The molecule has 20 heavy (non-hydrogen) atoms. The number of fused-ring (bicyclic) bond motifs is 1. The molecular formula is C15H20N2OS2. The zero-order valence-electron chi connectivity index (χ0n) is 11.7. The fourth-order valence-corrected chi connectivity index (χ4v) is 4.83. The maximum absolute atomic E-state index is 12.7. The summed E-state index contributed by atoms with van der Waals surface area (Å²) in [5.74, 6) is 0.203. The van der Waals surface area contributed by atoms with Crippen LogP contribution in [0.2, 0.25) is 0 Å². The number of carbonyl (C=O) groups is 1. The van der Waals surface area contributed by atoms with Gasteiger partial charge in [0.15, 0.2) is 0 Å². The lowest BCUT2D eigenvalue weighted by atomic mass is 10.2. The van der Waals surface area contributed by atoms with E-state index < -0.39 is 0 Å². The number of carbonyl (C=O) groups excluding carboxylic acids is 1. The highest BCUT2D eigenvalue weighted by molar-refractivity contribution is 7.27. The molecule has 1 aliphatic heterocycles. The van der Waals surface area contributed by atoms with Gasteiger partial charge in [0, 0.05) is 28.5 Å². The second kappa shape index (κ2) is 6.24. The Hall–Kier alpha value is -0.910. The fourth-order valence-electron chi connectivity index (χ4n) is 2.75. The number of rotatable bonds is 5. The van der Waals surface area contributed by atoms with Crippen molar-refractivity contribution in [1.82, 2.24) is 10.2 Å². The van der Waals surface area contributed by atoms with Gasteiger partial charge in [-0.2, -0.15) is 0 Å². The Balaban J connectivity index is 1.75. The molecule has 1 amide bonds. The minimum atomic E-state index is 0.203. The van der Waals surface area contributed by atoms with E-state index in [2.05, 4.69) is 29.8 Å². The summed E-state index contributed by atoms with van der Waals surface area (Å²) in [6.07, 6.45) is 3.43. The van der Waals surface area contributed by atoms with Crippen LogP contribution in [0.25, 0.3) is 9.40 Å². The molecule has 1 N–H and O–H groups in total. The zero-order valence-corrected chi connectivity index (χ0v) is 13.4. The molecule has 0 aliphatic carbocycles.